The number of amides is 2. The van der Waals surface area contributed by atoms with E-state index in [1.54, 1.807) is 6.07 Å². The van der Waals surface area contributed by atoms with Crippen LogP contribution in [0.1, 0.15) is 23.7 Å². The smallest absolute Gasteiger partial charge is 0.255 e. The lowest BCUT2D eigenvalue weighted by Crippen LogP contribution is -2.34. The van der Waals surface area contributed by atoms with Crippen LogP contribution in [-0.2, 0) is 4.79 Å². The molecule has 0 aliphatic carbocycles. The molecule has 1 aliphatic heterocycles. The molecule has 0 radical (unpaired) electrons. The quantitative estimate of drug-likeness (QED) is 0.627. The number of anilines is 1. The number of nitrogens with two attached hydrogens (primary N) is 1. The molecular weight excluding hydrogens is 344 g/mol. The first-order chi connectivity index (χ1) is 11.9. The van der Waals surface area contributed by atoms with Crippen molar-refractivity contribution < 1.29 is 14.3 Å². The van der Waals surface area contributed by atoms with Crippen molar-refractivity contribution in [3.63, 3.8) is 0 Å². The first-order valence-electron chi connectivity index (χ1n) is 8.28. The Hall–Kier alpha value is -1.99. The van der Waals surface area contributed by atoms with Gasteiger partial charge in [0.25, 0.3) is 5.91 Å². The second kappa shape index (κ2) is 8.92. The highest BCUT2D eigenvalue weighted by atomic mass is 35.5. The predicted molar refractivity (Wildman–Crippen MR) is 98.0 cm³/mol. The molecule has 1 aromatic rings. The van der Waals surface area contributed by atoms with Gasteiger partial charge in [0.05, 0.1) is 23.4 Å². The van der Waals surface area contributed by atoms with E-state index in [0.29, 0.717) is 41.0 Å². The summed E-state index contributed by atoms with van der Waals surface area (Å²) in [6.45, 7) is 5.44. The summed E-state index contributed by atoms with van der Waals surface area (Å²) in [5, 5.41) is 6.07. The fourth-order valence-electron chi connectivity index (χ4n) is 2.92. The topological polar surface area (TPSA) is 96.7 Å². The molecule has 1 aliphatic rings. The molecule has 1 aromatic carbocycles. The molecule has 0 spiro atoms. The third-order valence-corrected chi connectivity index (χ3v) is 4.61. The summed E-state index contributed by atoms with van der Waals surface area (Å²) in [5.74, 6) is 0.550. The molecule has 8 heteroatoms. The summed E-state index contributed by atoms with van der Waals surface area (Å²) < 4.78 is 5.21. The lowest BCUT2D eigenvalue weighted by molar-refractivity contribution is -0.119. The Morgan fingerprint density at radius 1 is 1.40 bits per heavy atom. The van der Waals surface area contributed by atoms with Crippen LogP contribution in [0.4, 0.5) is 5.69 Å². The SMILES string of the molecule is COc1cc(N)c(Cl)cc1C(=O)NCC1CCN(CCNC(C)=O)C1. The van der Waals surface area contributed by atoms with Gasteiger partial charge in [0.1, 0.15) is 5.75 Å². The Morgan fingerprint density at radius 2 is 2.16 bits per heavy atom. The number of hydrogen-bond acceptors (Lipinski definition) is 5. The van der Waals surface area contributed by atoms with Gasteiger partial charge in [-0.3, -0.25) is 9.59 Å². The van der Waals surface area contributed by atoms with Gasteiger partial charge in [0.2, 0.25) is 5.91 Å². The van der Waals surface area contributed by atoms with Crippen LogP contribution in [0.5, 0.6) is 5.75 Å². The molecule has 138 valence electrons. The van der Waals surface area contributed by atoms with Gasteiger partial charge in [-0.2, -0.15) is 0 Å². The zero-order chi connectivity index (χ0) is 18.4. The van der Waals surface area contributed by atoms with Crippen LogP contribution in [0.25, 0.3) is 0 Å². The molecule has 2 amide bonds. The van der Waals surface area contributed by atoms with Gasteiger partial charge in [0, 0.05) is 39.2 Å². The predicted octanol–water partition coefficient (Wildman–Crippen LogP) is 1.12. The highest BCUT2D eigenvalue weighted by Crippen LogP contribution is 2.28. The van der Waals surface area contributed by atoms with Crippen LogP contribution >= 0.6 is 11.6 Å². The Bertz CT molecular complexity index is 639. The molecule has 1 fully saturated rings. The van der Waals surface area contributed by atoms with Crippen LogP contribution in [-0.4, -0.2) is 56.5 Å². The van der Waals surface area contributed by atoms with Crippen molar-refractivity contribution in [2.75, 3.05) is 45.6 Å². The van der Waals surface area contributed by atoms with E-state index in [9.17, 15) is 9.59 Å². The van der Waals surface area contributed by atoms with Crippen molar-refractivity contribution in [2.24, 2.45) is 5.92 Å². The standard InChI is InChI=1S/C17H25ClN4O3/c1-11(23)20-4-6-22-5-3-12(10-22)9-21-17(24)13-7-14(18)15(19)8-16(13)25-2/h7-8,12H,3-6,9-10,19H2,1-2H3,(H,20,23)(H,21,24). The highest BCUT2D eigenvalue weighted by molar-refractivity contribution is 6.33. The van der Waals surface area contributed by atoms with Crippen molar-refractivity contribution in [3.8, 4) is 5.75 Å². The molecule has 0 aromatic heterocycles. The molecular formula is C17H25ClN4O3. The van der Waals surface area contributed by atoms with E-state index in [4.69, 9.17) is 22.1 Å². The van der Waals surface area contributed by atoms with Gasteiger partial charge in [-0.05, 0) is 24.9 Å². The van der Waals surface area contributed by atoms with Gasteiger partial charge in [-0.25, -0.2) is 0 Å². The third kappa shape index (κ3) is 5.51. The lowest BCUT2D eigenvalue weighted by Gasteiger charge is -2.17. The van der Waals surface area contributed by atoms with Crippen molar-refractivity contribution in [2.45, 2.75) is 13.3 Å². The van der Waals surface area contributed by atoms with Crippen LogP contribution in [0, 0.1) is 5.92 Å². The molecule has 4 N–H and O–H groups in total. The van der Waals surface area contributed by atoms with Crippen LogP contribution in [0.3, 0.4) is 0 Å². The monoisotopic (exact) mass is 368 g/mol. The van der Waals surface area contributed by atoms with E-state index < -0.39 is 0 Å². The van der Waals surface area contributed by atoms with E-state index in [-0.39, 0.29) is 11.8 Å². The Kier molecular flexibility index (Phi) is 6.90. The van der Waals surface area contributed by atoms with Gasteiger partial charge in [-0.1, -0.05) is 11.6 Å². The van der Waals surface area contributed by atoms with Crippen molar-refractivity contribution >= 4 is 29.1 Å². The summed E-state index contributed by atoms with van der Waals surface area (Å²) in [6.07, 6.45) is 1.01. The van der Waals surface area contributed by atoms with Crippen molar-refractivity contribution in [1.82, 2.24) is 15.5 Å². The van der Waals surface area contributed by atoms with Gasteiger partial charge < -0.3 is 26.0 Å². The maximum absolute atomic E-state index is 12.4. The number of benzene rings is 1. The van der Waals surface area contributed by atoms with E-state index in [1.807, 2.05) is 0 Å². The Balaban J connectivity index is 1.83. The number of halogens is 1. The first kappa shape index (κ1) is 19.3. The fourth-order valence-corrected chi connectivity index (χ4v) is 3.08. The molecule has 1 unspecified atom stereocenters. The number of likely N-dealkylation sites (tertiary alicyclic amines) is 1. The number of nitrogens with one attached hydrogen (secondary N) is 2. The molecule has 25 heavy (non-hydrogen) atoms. The van der Waals surface area contributed by atoms with E-state index in [0.717, 1.165) is 26.1 Å². The number of carbonyl (C=O) groups excluding carboxylic acids is 2. The normalized spacial score (nSPS) is 17.3. The van der Waals surface area contributed by atoms with Gasteiger partial charge in [0.15, 0.2) is 0 Å². The molecule has 1 atom stereocenters. The second-order valence-electron chi connectivity index (χ2n) is 6.22. The number of rotatable bonds is 7. The Morgan fingerprint density at radius 3 is 2.84 bits per heavy atom. The molecule has 0 saturated carbocycles. The summed E-state index contributed by atoms with van der Waals surface area (Å²) in [4.78, 5) is 25.6. The lowest BCUT2D eigenvalue weighted by atomic mass is 10.1. The molecule has 1 heterocycles. The van der Waals surface area contributed by atoms with Crippen molar-refractivity contribution in [1.29, 1.82) is 0 Å². The maximum atomic E-state index is 12.4. The van der Waals surface area contributed by atoms with Gasteiger partial charge >= 0.3 is 0 Å². The van der Waals surface area contributed by atoms with Gasteiger partial charge in [-0.15, -0.1) is 0 Å². The fraction of sp³-hybridized carbons (Fsp3) is 0.529. The number of nitrogens with zero attached hydrogens (tertiary/aromatic N) is 1. The van der Waals surface area contributed by atoms with E-state index >= 15 is 0 Å². The number of ether oxygens (including phenoxy) is 1. The minimum Gasteiger partial charge on any atom is -0.496 e. The van der Waals surface area contributed by atoms with Crippen LogP contribution in [0.15, 0.2) is 12.1 Å². The van der Waals surface area contributed by atoms with E-state index in [1.165, 1.54) is 20.1 Å². The third-order valence-electron chi connectivity index (χ3n) is 4.29. The number of methoxy groups -OCH3 is 1. The first-order valence-corrected chi connectivity index (χ1v) is 8.66. The highest BCUT2D eigenvalue weighted by Gasteiger charge is 2.23. The molecule has 0 bridgehead atoms. The Labute approximate surface area is 152 Å². The molecule has 2 rings (SSSR count). The van der Waals surface area contributed by atoms with E-state index in [2.05, 4.69) is 15.5 Å². The summed E-state index contributed by atoms with van der Waals surface area (Å²) >= 11 is 6.01. The maximum Gasteiger partial charge on any atom is 0.255 e. The molecule has 7 nitrogen and oxygen atoms in total. The van der Waals surface area contributed by atoms with Crippen molar-refractivity contribution in [3.05, 3.63) is 22.7 Å². The molecule has 1 saturated heterocycles. The van der Waals surface area contributed by atoms with Crippen LogP contribution in [0.2, 0.25) is 5.02 Å². The summed E-state index contributed by atoms with van der Waals surface area (Å²) in [6, 6.07) is 3.08. The second-order valence-corrected chi connectivity index (χ2v) is 6.63. The zero-order valence-corrected chi connectivity index (χ0v) is 15.4. The van der Waals surface area contributed by atoms with Crippen LogP contribution < -0.4 is 21.1 Å². The number of nitrogen functional groups attached to an aromatic ring is 1. The largest absolute Gasteiger partial charge is 0.496 e. The minimum atomic E-state index is -0.226. The average Bonchev–Trinajstić information content (AvgIpc) is 3.02. The summed E-state index contributed by atoms with van der Waals surface area (Å²) in [7, 11) is 1.49. The average molecular weight is 369 g/mol. The zero-order valence-electron chi connectivity index (χ0n) is 14.6. The number of hydrogen-bond donors (Lipinski definition) is 3. The summed E-state index contributed by atoms with van der Waals surface area (Å²) in [5.41, 5.74) is 6.49. The number of carbonyl (C=O) groups is 2. The minimum absolute atomic E-state index is 0.0147.